The van der Waals surface area contributed by atoms with Gasteiger partial charge in [0.25, 0.3) is 0 Å². The lowest BCUT2D eigenvalue weighted by molar-refractivity contribution is -0.133. The van der Waals surface area contributed by atoms with Crippen LogP contribution in [0.5, 0.6) is 0 Å². The van der Waals surface area contributed by atoms with Crippen molar-refractivity contribution in [1.82, 2.24) is 4.37 Å². The third kappa shape index (κ3) is 2.88. The minimum absolute atomic E-state index is 0.0108. The Morgan fingerprint density at radius 3 is 2.82 bits per heavy atom. The number of nitrogens with zero attached hydrogens (tertiary/aromatic N) is 1. The maximum Gasteiger partial charge on any atom is 0.313 e. The molecule has 0 fully saturated rings. The van der Waals surface area contributed by atoms with Gasteiger partial charge in [-0.25, -0.2) is 4.39 Å². The lowest BCUT2D eigenvalue weighted by Crippen LogP contribution is -1.97. The van der Waals surface area contributed by atoms with Crippen LogP contribution in [-0.2, 0) is 4.79 Å². The van der Waals surface area contributed by atoms with Crippen molar-refractivity contribution >= 4 is 55.3 Å². The summed E-state index contributed by atoms with van der Waals surface area (Å²) in [7, 11) is 0. The van der Waals surface area contributed by atoms with E-state index in [1.807, 2.05) is 12.1 Å². The fraction of sp³-hybridized carbons (Fsp3) is 0.0667. The van der Waals surface area contributed by atoms with E-state index in [4.69, 9.17) is 5.11 Å². The van der Waals surface area contributed by atoms with Crippen molar-refractivity contribution in [3.05, 3.63) is 46.7 Å². The van der Waals surface area contributed by atoms with E-state index in [1.54, 1.807) is 18.2 Å². The minimum Gasteiger partial charge on any atom is -0.481 e. The molecule has 3 rings (SSSR count). The lowest BCUT2D eigenvalue weighted by atomic mass is 10.1. The van der Waals surface area contributed by atoms with Crippen molar-refractivity contribution in [2.24, 2.45) is 0 Å². The molecule has 0 amide bonds. The van der Waals surface area contributed by atoms with Crippen molar-refractivity contribution in [3.8, 4) is 11.3 Å². The molecule has 1 heterocycles. The number of aliphatic carboxylic acids is 1. The number of carboxylic acids is 1. The van der Waals surface area contributed by atoms with E-state index in [9.17, 15) is 9.18 Å². The average molecular weight is 398 g/mol. The van der Waals surface area contributed by atoms with Crippen molar-refractivity contribution in [1.29, 1.82) is 0 Å². The second-order valence-corrected chi connectivity index (χ2v) is 7.03. The summed E-state index contributed by atoms with van der Waals surface area (Å²) in [6.07, 6.45) is 0. The average Bonchev–Trinajstić information content (AvgIpc) is 2.91. The number of hydrogen-bond acceptors (Lipinski definition) is 4. The summed E-state index contributed by atoms with van der Waals surface area (Å²) in [5.74, 6) is -1.19. The first-order valence-electron chi connectivity index (χ1n) is 6.25. The van der Waals surface area contributed by atoms with Gasteiger partial charge in [-0.1, -0.05) is 18.2 Å². The molecule has 0 saturated carbocycles. The lowest BCUT2D eigenvalue weighted by Gasteiger charge is -2.04. The summed E-state index contributed by atoms with van der Waals surface area (Å²) in [6.45, 7) is 0. The molecule has 0 radical (unpaired) electrons. The minimum atomic E-state index is -0.867. The molecule has 0 aliphatic heterocycles. The van der Waals surface area contributed by atoms with E-state index in [1.165, 1.54) is 29.4 Å². The number of aromatic nitrogens is 1. The number of benzene rings is 2. The number of carbonyl (C=O) groups is 1. The summed E-state index contributed by atoms with van der Waals surface area (Å²) in [5.41, 5.74) is 1.07. The molecule has 2 aromatic carbocycles. The molecular formula is C15H9BrFNO2S2. The van der Waals surface area contributed by atoms with E-state index < -0.39 is 5.97 Å². The Labute approximate surface area is 142 Å². The van der Waals surface area contributed by atoms with Crippen molar-refractivity contribution in [3.63, 3.8) is 0 Å². The summed E-state index contributed by atoms with van der Waals surface area (Å²) in [4.78, 5) is 11.5. The summed E-state index contributed by atoms with van der Waals surface area (Å²) < 4.78 is 20.0. The molecule has 7 heteroatoms. The van der Waals surface area contributed by atoms with Crippen LogP contribution in [0.15, 0.2) is 45.8 Å². The Bertz CT molecular complexity index is 866. The predicted molar refractivity (Wildman–Crippen MR) is 91.1 cm³/mol. The molecule has 1 N–H and O–H groups in total. The smallest absolute Gasteiger partial charge is 0.313 e. The number of halogens is 2. The monoisotopic (exact) mass is 397 g/mol. The summed E-state index contributed by atoms with van der Waals surface area (Å²) in [6, 6.07) is 10.2. The van der Waals surface area contributed by atoms with Crippen LogP contribution < -0.4 is 0 Å². The zero-order valence-corrected chi connectivity index (χ0v) is 14.3. The van der Waals surface area contributed by atoms with E-state index in [2.05, 4.69) is 20.3 Å². The van der Waals surface area contributed by atoms with E-state index >= 15 is 0 Å². The van der Waals surface area contributed by atoms with Crippen LogP contribution in [0, 0.1) is 5.82 Å². The Balaban J connectivity index is 2.08. The predicted octanol–water partition coefficient (Wildman–Crippen LogP) is 5.04. The summed E-state index contributed by atoms with van der Waals surface area (Å²) in [5, 5.41) is 9.62. The van der Waals surface area contributed by atoms with Gasteiger partial charge in [0.05, 0.1) is 20.6 Å². The van der Waals surface area contributed by atoms with Crippen LogP contribution in [0.2, 0.25) is 0 Å². The van der Waals surface area contributed by atoms with Crippen LogP contribution in [0.4, 0.5) is 4.39 Å². The molecule has 3 nitrogen and oxygen atoms in total. The highest BCUT2D eigenvalue weighted by atomic mass is 79.9. The second-order valence-electron chi connectivity index (χ2n) is 4.45. The topological polar surface area (TPSA) is 50.2 Å². The molecule has 0 spiro atoms. The summed E-state index contributed by atoms with van der Waals surface area (Å²) >= 11 is 6.00. The van der Waals surface area contributed by atoms with Gasteiger partial charge in [-0.3, -0.25) is 4.79 Å². The van der Waals surface area contributed by atoms with Gasteiger partial charge in [0, 0.05) is 15.8 Å². The van der Waals surface area contributed by atoms with Crippen molar-refractivity contribution in [2.75, 3.05) is 5.75 Å². The van der Waals surface area contributed by atoms with E-state index in [0.717, 1.165) is 19.5 Å². The molecule has 0 saturated heterocycles. The zero-order chi connectivity index (χ0) is 15.7. The second kappa shape index (κ2) is 6.36. The third-order valence-electron chi connectivity index (χ3n) is 3.03. The molecule has 22 heavy (non-hydrogen) atoms. The Morgan fingerprint density at radius 2 is 2.09 bits per heavy atom. The van der Waals surface area contributed by atoms with Gasteiger partial charge in [-0.05, 0) is 45.7 Å². The molecule has 0 bridgehead atoms. The zero-order valence-electron chi connectivity index (χ0n) is 11.0. The molecule has 0 unspecified atom stereocenters. The van der Waals surface area contributed by atoms with Gasteiger partial charge < -0.3 is 5.11 Å². The number of fused-ring (bicyclic) bond motifs is 1. The van der Waals surface area contributed by atoms with Crippen molar-refractivity contribution in [2.45, 2.75) is 4.90 Å². The Kier molecular flexibility index (Phi) is 4.46. The number of carboxylic acid groups (broad SMARTS) is 1. The van der Waals surface area contributed by atoms with E-state index in [-0.39, 0.29) is 11.6 Å². The maximum absolute atomic E-state index is 14.0. The molecule has 0 aliphatic carbocycles. The highest BCUT2D eigenvalue weighted by Crippen LogP contribution is 2.40. The SMILES string of the molecule is O=C(O)CSc1ccc2c(-c3ccccc3F)nsc2c1Br. The fourth-order valence-electron chi connectivity index (χ4n) is 2.05. The number of hydrogen-bond donors (Lipinski definition) is 1. The molecule has 0 aliphatic rings. The van der Waals surface area contributed by atoms with Gasteiger partial charge in [0.2, 0.25) is 0 Å². The van der Waals surface area contributed by atoms with E-state index in [0.29, 0.717) is 11.3 Å². The van der Waals surface area contributed by atoms with Crippen LogP contribution in [0.1, 0.15) is 0 Å². The highest BCUT2D eigenvalue weighted by molar-refractivity contribution is 9.10. The molecule has 3 aromatic rings. The first kappa shape index (κ1) is 15.5. The largest absolute Gasteiger partial charge is 0.481 e. The Hall–Kier alpha value is -1.44. The highest BCUT2D eigenvalue weighted by Gasteiger charge is 2.16. The van der Waals surface area contributed by atoms with Gasteiger partial charge in [0.1, 0.15) is 5.82 Å². The number of thioether (sulfide) groups is 1. The normalized spacial score (nSPS) is 11.0. The van der Waals surface area contributed by atoms with Crippen LogP contribution in [0.25, 0.3) is 21.3 Å². The molecule has 1 aromatic heterocycles. The van der Waals surface area contributed by atoms with Gasteiger partial charge in [-0.15, -0.1) is 11.8 Å². The van der Waals surface area contributed by atoms with Gasteiger partial charge in [-0.2, -0.15) is 4.37 Å². The fourth-order valence-corrected chi connectivity index (χ4v) is 4.53. The first-order chi connectivity index (χ1) is 10.6. The molecular weight excluding hydrogens is 389 g/mol. The standard InChI is InChI=1S/C15H9BrFNO2S2/c16-13-11(21-7-12(19)20)6-5-9-14(18-22-15(9)13)8-3-1-2-4-10(8)17/h1-6H,7H2,(H,19,20). The number of rotatable bonds is 4. The van der Waals surface area contributed by atoms with Crippen LogP contribution >= 0.6 is 39.2 Å². The molecule has 112 valence electrons. The Morgan fingerprint density at radius 1 is 1.32 bits per heavy atom. The third-order valence-corrected chi connectivity index (χ3v) is 6.30. The molecule has 0 atom stereocenters. The van der Waals surface area contributed by atoms with Crippen molar-refractivity contribution < 1.29 is 14.3 Å². The van der Waals surface area contributed by atoms with Gasteiger partial charge in [0.15, 0.2) is 0 Å². The maximum atomic E-state index is 14.0. The van der Waals surface area contributed by atoms with Crippen LogP contribution in [-0.4, -0.2) is 21.2 Å². The first-order valence-corrected chi connectivity index (χ1v) is 8.80. The van der Waals surface area contributed by atoms with Crippen LogP contribution in [0.3, 0.4) is 0 Å². The quantitative estimate of drug-likeness (QED) is 0.626. The van der Waals surface area contributed by atoms with Gasteiger partial charge >= 0.3 is 5.97 Å².